The summed E-state index contributed by atoms with van der Waals surface area (Å²) >= 11 is 0. The predicted octanol–water partition coefficient (Wildman–Crippen LogP) is 6.34. The van der Waals surface area contributed by atoms with E-state index >= 15 is 0 Å². The fraction of sp³-hybridized carbons (Fsp3) is 0.407. The van der Waals surface area contributed by atoms with Crippen molar-refractivity contribution in [2.45, 2.75) is 46.1 Å². The number of hydrogen-bond acceptors (Lipinski definition) is 5. The molecule has 182 valence electrons. The molecule has 0 aliphatic carbocycles. The van der Waals surface area contributed by atoms with Crippen LogP contribution < -0.4 is 10.6 Å². The predicted molar refractivity (Wildman–Crippen MR) is 138 cm³/mol. The highest BCUT2D eigenvalue weighted by molar-refractivity contribution is 7.32. The van der Waals surface area contributed by atoms with Crippen molar-refractivity contribution in [3.63, 3.8) is 0 Å². The van der Waals surface area contributed by atoms with Gasteiger partial charge in [-0.05, 0) is 79.1 Å². The monoisotopic (exact) mass is 483 g/mol. The van der Waals surface area contributed by atoms with Gasteiger partial charge < -0.3 is 15.1 Å². The zero-order valence-corrected chi connectivity index (χ0v) is 21.0. The standard InChI is InChI=1S/C27H35N2O4P/c1-21(2)18-23-10-8-22(9-11-23)6-3-15-29-26-13-12-24(19-25(26)27-7-4-16-32-27)20-28-14-5-17-33-34(30)31/h4,7-13,16,19,21,28-29H,3,5-6,14-15,17-18,20H2,1-2H3/p+1. The normalized spacial score (nSPS) is 11.7. The lowest BCUT2D eigenvalue weighted by molar-refractivity contribution is 0.276. The van der Waals surface area contributed by atoms with Crippen LogP contribution in [0.15, 0.2) is 65.3 Å². The molecule has 1 unspecified atom stereocenters. The van der Waals surface area contributed by atoms with Gasteiger partial charge in [-0.25, -0.2) is 0 Å². The average molecular weight is 484 g/mol. The maximum Gasteiger partial charge on any atom is 0.694 e. The Morgan fingerprint density at radius 3 is 2.47 bits per heavy atom. The van der Waals surface area contributed by atoms with E-state index in [0.717, 1.165) is 48.4 Å². The van der Waals surface area contributed by atoms with Crippen LogP contribution in [0.2, 0.25) is 0 Å². The first-order valence-corrected chi connectivity index (χ1v) is 13.1. The van der Waals surface area contributed by atoms with Crippen LogP contribution in [0.5, 0.6) is 0 Å². The largest absolute Gasteiger partial charge is 0.694 e. The van der Waals surface area contributed by atoms with Gasteiger partial charge >= 0.3 is 8.25 Å². The molecule has 3 rings (SSSR count). The Hall–Kier alpha value is -2.50. The Bertz CT molecular complexity index is 1000. The van der Waals surface area contributed by atoms with E-state index in [0.29, 0.717) is 25.4 Å². The molecule has 3 N–H and O–H groups in total. The van der Waals surface area contributed by atoms with Crippen molar-refractivity contribution in [2.75, 3.05) is 25.0 Å². The molecule has 0 radical (unpaired) electrons. The lowest BCUT2D eigenvalue weighted by Crippen LogP contribution is -2.16. The van der Waals surface area contributed by atoms with E-state index in [1.807, 2.05) is 12.1 Å². The van der Waals surface area contributed by atoms with Gasteiger partial charge in [0.1, 0.15) is 12.4 Å². The Labute approximate surface area is 203 Å². The first kappa shape index (κ1) is 26.1. The van der Waals surface area contributed by atoms with Gasteiger partial charge in [0.15, 0.2) is 0 Å². The van der Waals surface area contributed by atoms with Crippen LogP contribution in [0.4, 0.5) is 5.69 Å². The van der Waals surface area contributed by atoms with Crippen molar-refractivity contribution in [3.8, 4) is 11.3 Å². The molecular formula is C27H36N2O4P+. The Morgan fingerprint density at radius 1 is 1.00 bits per heavy atom. The number of nitrogens with one attached hydrogen (secondary N) is 2. The molecule has 0 aliphatic heterocycles. The van der Waals surface area contributed by atoms with E-state index < -0.39 is 8.25 Å². The maximum absolute atomic E-state index is 10.5. The molecule has 6 nitrogen and oxygen atoms in total. The molecule has 34 heavy (non-hydrogen) atoms. The van der Waals surface area contributed by atoms with Crippen molar-refractivity contribution < 1.29 is 18.4 Å². The maximum atomic E-state index is 10.5. The molecule has 3 aromatic rings. The molecule has 0 saturated carbocycles. The smallest absolute Gasteiger partial charge is 0.464 e. The first-order chi connectivity index (χ1) is 16.5. The van der Waals surface area contributed by atoms with E-state index in [1.54, 1.807) is 6.26 Å². The Kier molecular flexibility index (Phi) is 10.8. The van der Waals surface area contributed by atoms with Gasteiger partial charge in [-0.1, -0.05) is 44.2 Å². The van der Waals surface area contributed by atoms with Crippen molar-refractivity contribution in [2.24, 2.45) is 5.92 Å². The van der Waals surface area contributed by atoms with Crippen LogP contribution in [0.3, 0.4) is 0 Å². The lowest BCUT2D eigenvalue weighted by Gasteiger charge is -2.13. The topological polar surface area (TPSA) is 83.7 Å². The van der Waals surface area contributed by atoms with E-state index in [2.05, 4.69) is 71.5 Å². The molecule has 1 aromatic heterocycles. The quantitative estimate of drug-likeness (QED) is 0.173. The number of hydrogen-bond donors (Lipinski definition) is 3. The number of benzene rings is 2. The van der Waals surface area contributed by atoms with Gasteiger partial charge in [-0.3, -0.25) is 0 Å². The second-order valence-electron chi connectivity index (χ2n) is 8.90. The third-order valence-corrected chi connectivity index (χ3v) is 5.93. The minimum absolute atomic E-state index is 0.265. The van der Waals surface area contributed by atoms with Crippen LogP contribution in [0, 0.1) is 5.92 Å². The van der Waals surface area contributed by atoms with E-state index in [-0.39, 0.29) is 6.61 Å². The summed E-state index contributed by atoms with van der Waals surface area (Å²) in [5.41, 5.74) is 6.03. The number of furan rings is 1. The zero-order valence-electron chi connectivity index (χ0n) is 20.1. The third kappa shape index (κ3) is 9.03. The Balaban J connectivity index is 1.50. The highest BCUT2D eigenvalue weighted by Crippen LogP contribution is 2.30. The SMILES string of the molecule is CC(C)Cc1ccc(CCCNc2ccc(CNCCCO[P+](=O)O)cc2-c2ccco2)cc1. The second-order valence-corrected chi connectivity index (χ2v) is 9.64. The van der Waals surface area contributed by atoms with E-state index in [9.17, 15) is 4.57 Å². The van der Waals surface area contributed by atoms with Crippen molar-refractivity contribution in [3.05, 3.63) is 77.6 Å². The molecule has 0 bridgehead atoms. The molecule has 0 amide bonds. The first-order valence-electron chi connectivity index (χ1n) is 12.0. The van der Waals surface area contributed by atoms with Crippen molar-refractivity contribution in [1.29, 1.82) is 0 Å². The molecule has 0 saturated heterocycles. The highest BCUT2D eigenvalue weighted by Gasteiger charge is 2.11. The summed E-state index contributed by atoms with van der Waals surface area (Å²) in [5.74, 6) is 1.52. The van der Waals surface area contributed by atoms with Gasteiger partial charge in [0.05, 0.1) is 6.26 Å². The summed E-state index contributed by atoms with van der Waals surface area (Å²) in [6, 6.07) is 19.3. The van der Waals surface area contributed by atoms with E-state index in [1.165, 1.54) is 11.1 Å². The molecule has 0 aliphatic rings. The minimum Gasteiger partial charge on any atom is -0.464 e. The molecular weight excluding hydrogens is 447 g/mol. The fourth-order valence-electron chi connectivity index (χ4n) is 3.89. The average Bonchev–Trinajstić information content (AvgIpc) is 3.35. The highest BCUT2D eigenvalue weighted by atomic mass is 31.1. The van der Waals surface area contributed by atoms with Gasteiger partial charge in [-0.15, -0.1) is 9.42 Å². The summed E-state index contributed by atoms with van der Waals surface area (Å²) in [4.78, 5) is 8.66. The summed E-state index contributed by atoms with van der Waals surface area (Å²) in [7, 11) is -2.51. The molecule has 1 heterocycles. The Morgan fingerprint density at radius 2 is 1.76 bits per heavy atom. The van der Waals surface area contributed by atoms with Gasteiger partial charge in [0.25, 0.3) is 0 Å². The number of anilines is 1. The van der Waals surface area contributed by atoms with Crippen LogP contribution in [0.1, 0.15) is 43.4 Å². The molecule has 0 fully saturated rings. The molecule has 7 heteroatoms. The van der Waals surface area contributed by atoms with Crippen molar-refractivity contribution >= 4 is 13.9 Å². The number of rotatable bonds is 15. The van der Waals surface area contributed by atoms with Crippen LogP contribution in [0.25, 0.3) is 11.3 Å². The zero-order chi connectivity index (χ0) is 24.2. The minimum atomic E-state index is -2.51. The molecule has 0 spiro atoms. The third-order valence-electron chi connectivity index (χ3n) is 5.52. The summed E-state index contributed by atoms with van der Waals surface area (Å²) < 4.78 is 20.9. The second kappa shape index (κ2) is 14.0. The van der Waals surface area contributed by atoms with Gasteiger partial charge in [0.2, 0.25) is 0 Å². The summed E-state index contributed by atoms with van der Waals surface area (Å²) in [5, 5.41) is 6.93. The number of aryl methyl sites for hydroxylation is 1. The van der Waals surface area contributed by atoms with E-state index in [4.69, 9.17) is 9.31 Å². The fourth-order valence-corrected chi connectivity index (χ4v) is 4.18. The van der Waals surface area contributed by atoms with Crippen LogP contribution >= 0.6 is 8.25 Å². The lowest BCUT2D eigenvalue weighted by atomic mass is 10.0. The van der Waals surface area contributed by atoms with Crippen LogP contribution in [-0.2, 0) is 28.5 Å². The van der Waals surface area contributed by atoms with Gasteiger partial charge in [0, 0.05) is 28.9 Å². The molecule has 1 atom stereocenters. The van der Waals surface area contributed by atoms with Gasteiger partial charge in [-0.2, -0.15) is 0 Å². The molecule has 2 aromatic carbocycles. The summed E-state index contributed by atoms with van der Waals surface area (Å²) in [6.45, 7) is 7.06. The van der Waals surface area contributed by atoms with Crippen LogP contribution in [-0.4, -0.2) is 24.6 Å². The summed E-state index contributed by atoms with van der Waals surface area (Å²) in [6.07, 6.45) is 5.59. The van der Waals surface area contributed by atoms with Crippen molar-refractivity contribution in [1.82, 2.24) is 5.32 Å².